The molecule has 2 N–H and O–H groups in total. The normalized spacial score (nSPS) is 11.3. The molecule has 1 aromatic rings. The van der Waals surface area contributed by atoms with Crippen LogP contribution >= 0.6 is 15.9 Å². The summed E-state index contributed by atoms with van der Waals surface area (Å²) in [6.07, 6.45) is 0. The van der Waals surface area contributed by atoms with Gasteiger partial charge in [-0.15, -0.1) is 0 Å². The highest BCUT2D eigenvalue weighted by Gasteiger charge is 2.12. The van der Waals surface area contributed by atoms with Crippen molar-refractivity contribution in [3.05, 3.63) is 33.8 Å². The number of carbonyl (C=O) groups excluding carboxylic acids is 1. The molecular formula is C12H17BrN2O3S. The van der Waals surface area contributed by atoms with Crippen LogP contribution in [0, 0.1) is 6.92 Å². The van der Waals surface area contributed by atoms with E-state index in [4.69, 9.17) is 0 Å². The monoisotopic (exact) mass is 348 g/mol. The number of benzene rings is 1. The Labute approximate surface area is 122 Å². The predicted octanol–water partition coefficient (Wildman–Crippen LogP) is 1.43. The van der Waals surface area contributed by atoms with Crippen LogP contribution in [0.4, 0.5) is 0 Å². The van der Waals surface area contributed by atoms with Crippen molar-refractivity contribution in [1.82, 2.24) is 10.0 Å². The summed E-state index contributed by atoms with van der Waals surface area (Å²) >= 11 is 3.31. The minimum absolute atomic E-state index is 0.0779. The summed E-state index contributed by atoms with van der Waals surface area (Å²) in [4.78, 5) is 11.9. The number of carbonyl (C=O) groups is 1. The predicted molar refractivity (Wildman–Crippen MR) is 78.7 cm³/mol. The minimum Gasteiger partial charge on any atom is -0.351 e. The van der Waals surface area contributed by atoms with Gasteiger partial charge in [0, 0.05) is 17.6 Å². The maximum Gasteiger partial charge on any atom is 0.252 e. The van der Waals surface area contributed by atoms with Crippen LogP contribution in [0.5, 0.6) is 0 Å². The second-order valence-electron chi connectivity index (χ2n) is 4.06. The van der Waals surface area contributed by atoms with Crippen molar-refractivity contribution in [2.75, 3.05) is 18.8 Å². The summed E-state index contributed by atoms with van der Waals surface area (Å²) in [6, 6.07) is 5.37. The van der Waals surface area contributed by atoms with Gasteiger partial charge in [-0.3, -0.25) is 4.79 Å². The highest BCUT2D eigenvalue weighted by Crippen LogP contribution is 2.17. The molecule has 0 heterocycles. The number of nitrogens with one attached hydrogen (secondary N) is 2. The fraction of sp³-hybridized carbons (Fsp3) is 0.417. The number of amides is 1. The average Bonchev–Trinajstić information content (AvgIpc) is 2.28. The molecule has 0 spiro atoms. The second-order valence-corrected chi connectivity index (χ2v) is 6.84. The van der Waals surface area contributed by atoms with Gasteiger partial charge >= 0.3 is 0 Å². The van der Waals surface area contributed by atoms with Gasteiger partial charge in [0.2, 0.25) is 10.0 Å². The van der Waals surface area contributed by atoms with Gasteiger partial charge in [-0.25, -0.2) is 13.1 Å². The van der Waals surface area contributed by atoms with Gasteiger partial charge in [0.15, 0.2) is 0 Å². The van der Waals surface area contributed by atoms with Crippen molar-refractivity contribution in [3.8, 4) is 0 Å². The van der Waals surface area contributed by atoms with Gasteiger partial charge in [0.05, 0.1) is 11.3 Å². The Morgan fingerprint density at radius 1 is 1.37 bits per heavy atom. The number of halogens is 1. The van der Waals surface area contributed by atoms with Crippen LogP contribution in [0.2, 0.25) is 0 Å². The van der Waals surface area contributed by atoms with Gasteiger partial charge in [-0.2, -0.15) is 0 Å². The number of sulfonamides is 1. The lowest BCUT2D eigenvalue weighted by Gasteiger charge is -2.08. The van der Waals surface area contributed by atoms with E-state index in [-0.39, 0.29) is 18.2 Å². The fourth-order valence-corrected chi connectivity index (χ4v) is 3.12. The van der Waals surface area contributed by atoms with Crippen molar-refractivity contribution >= 4 is 31.9 Å². The molecule has 1 amide bonds. The van der Waals surface area contributed by atoms with Crippen LogP contribution in [-0.4, -0.2) is 33.2 Å². The molecular weight excluding hydrogens is 332 g/mol. The summed E-state index contributed by atoms with van der Waals surface area (Å²) < 4.78 is 25.8. The summed E-state index contributed by atoms with van der Waals surface area (Å²) in [6.45, 7) is 4.06. The Kier molecular flexibility index (Phi) is 5.96. The number of hydrogen-bond acceptors (Lipinski definition) is 3. The van der Waals surface area contributed by atoms with E-state index in [9.17, 15) is 13.2 Å². The Morgan fingerprint density at radius 2 is 2.05 bits per heavy atom. The molecule has 7 heteroatoms. The first-order chi connectivity index (χ1) is 8.85. The third kappa shape index (κ3) is 5.30. The van der Waals surface area contributed by atoms with E-state index in [0.29, 0.717) is 16.6 Å². The molecule has 0 radical (unpaired) electrons. The zero-order chi connectivity index (χ0) is 14.5. The summed E-state index contributed by atoms with van der Waals surface area (Å²) in [7, 11) is -3.30. The maximum atomic E-state index is 11.9. The molecule has 5 nitrogen and oxygen atoms in total. The van der Waals surface area contributed by atoms with Crippen LogP contribution in [-0.2, 0) is 10.0 Å². The van der Waals surface area contributed by atoms with Crippen LogP contribution in [0.1, 0.15) is 22.8 Å². The lowest BCUT2D eigenvalue weighted by atomic mass is 10.1. The van der Waals surface area contributed by atoms with E-state index >= 15 is 0 Å². The number of aryl methyl sites for hydroxylation is 1. The van der Waals surface area contributed by atoms with Crippen LogP contribution < -0.4 is 10.0 Å². The van der Waals surface area contributed by atoms with E-state index in [1.54, 1.807) is 13.0 Å². The van der Waals surface area contributed by atoms with Crippen LogP contribution in [0.3, 0.4) is 0 Å². The molecule has 0 aromatic heterocycles. The van der Waals surface area contributed by atoms with Crippen LogP contribution in [0.15, 0.2) is 22.7 Å². The average molecular weight is 349 g/mol. The van der Waals surface area contributed by atoms with Crippen molar-refractivity contribution in [2.24, 2.45) is 0 Å². The van der Waals surface area contributed by atoms with Crippen molar-refractivity contribution in [2.45, 2.75) is 13.8 Å². The van der Waals surface area contributed by atoms with Crippen LogP contribution in [0.25, 0.3) is 0 Å². The van der Waals surface area contributed by atoms with Crippen molar-refractivity contribution < 1.29 is 13.2 Å². The molecule has 0 atom stereocenters. The maximum absolute atomic E-state index is 11.9. The van der Waals surface area contributed by atoms with E-state index in [2.05, 4.69) is 26.0 Å². The molecule has 0 aliphatic carbocycles. The zero-order valence-electron chi connectivity index (χ0n) is 10.9. The molecule has 1 aromatic carbocycles. The fourth-order valence-electron chi connectivity index (χ4n) is 1.49. The van der Waals surface area contributed by atoms with Gasteiger partial charge < -0.3 is 5.32 Å². The minimum atomic E-state index is -3.30. The zero-order valence-corrected chi connectivity index (χ0v) is 13.3. The molecule has 0 aliphatic heterocycles. The molecule has 0 unspecified atom stereocenters. The summed E-state index contributed by atoms with van der Waals surface area (Å²) in [5.74, 6) is -0.422. The Balaban J connectivity index is 2.57. The Hall–Kier alpha value is -0.920. The lowest BCUT2D eigenvalue weighted by molar-refractivity contribution is 0.0955. The standard InChI is InChI=1S/C12H17BrN2O3S/c1-3-15-19(17,18)7-6-14-12(16)10-5-4-9(2)8-11(10)13/h4-5,8,15H,3,6-7H2,1-2H3,(H,14,16). The van der Waals surface area contributed by atoms with E-state index < -0.39 is 10.0 Å². The van der Waals surface area contributed by atoms with E-state index in [1.165, 1.54) is 0 Å². The molecule has 0 aliphatic rings. The quantitative estimate of drug-likeness (QED) is 0.816. The molecule has 106 valence electrons. The highest BCUT2D eigenvalue weighted by molar-refractivity contribution is 9.10. The highest BCUT2D eigenvalue weighted by atomic mass is 79.9. The number of hydrogen-bond donors (Lipinski definition) is 2. The molecule has 0 fully saturated rings. The first-order valence-electron chi connectivity index (χ1n) is 5.87. The number of rotatable bonds is 6. The lowest BCUT2D eigenvalue weighted by Crippen LogP contribution is -2.34. The van der Waals surface area contributed by atoms with Crippen molar-refractivity contribution in [3.63, 3.8) is 0 Å². The van der Waals surface area contributed by atoms with Gasteiger partial charge in [-0.1, -0.05) is 13.0 Å². The van der Waals surface area contributed by atoms with Crippen molar-refractivity contribution in [1.29, 1.82) is 0 Å². The molecule has 1 rings (SSSR count). The largest absolute Gasteiger partial charge is 0.351 e. The molecule has 0 saturated heterocycles. The summed E-state index contributed by atoms with van der Waals surface area (Å²) in [5.41, 5.74) is 1.53. The Bertz CT molecular complexity index is 558. The molecule has 0 bridgehead atoms. The van der Waals surface area contributed by atoms with E-state index in [1.807, 2.05) is 19.1 Å². The molecule has 0 saturated carbocycles. The van der Waals surface area contributed by atoms with Gasteiger partial charge in [0.25, 0.3) is 5.91 Å². The topological polar surface area (TPSA) is 75.3 Å². The summed E-state index contributed by atoms with van der Waals surface area (Å²) in [5, 5.41) is 2.59. The first-order valence-corrected chi connectivity index (χ1v) is 8.32. The Morgan fingerprint density at radius 3 is 2.63 bits per heavy atom. The first kappa shape index (κ1) is 16.1. The second kappa shape index (κ2) is 7.02. The molecule has 19 heavy (non-hydrogen) atoms. The third-order valence-electron chi connectivity index (χ3n) is 2.39. The third-order valence-corrected chi connectivity index (χ3v) is 4.52. The van der Waals surface area contributed by atoms with Gasteiger partial charge in [-0.05, 0) is 40.5 Å². The SMILES string of the molecule is CCNS(=O)(=O)CCNC(=O)c1ccc(C)cc1Br. The smallest absolute Gasteiger partial charge is 0.252 e. The van der Waals surface area contributed by atoms with Gasteiger partial charge in [0.1, 0.15) is 0 Å². The van der Waals surface area contributed by atoms with E-state index in [0.717, 1.165) is 5.56 Å².